The molecule has 0 aromatic carbocycles. The molecule has 3 nitrogen and oxygen atoms in total. The fourth-order valence-electron chi connectivity index (χ4n) is 2.53. The van der Waals surface area contributed by atoms with Crippen molar-refractivity contribution < 1.29 is 13.6 Å². The number of rotatable bonds is 7. The van der Waals surface area contributed by atoms with Crippen molar-refractivity contribution in [3.8, 4) is 0 Å². The molecule has 96 valence electrons. The Morgan fingerprint density at radius 2 is 1.81 bits per heavy atom. The van der Waals surface area contributed by atoms with Gasteiger partial charge in [-0.25, -0.2) is 0 Å². The molecule has 0 saturated heterocycles. The maximum absolute atomic E-state index is 12.2. The molecule has 2 atom stereocenters. The highest BCUT2D eigenvalue weighted by Crippen LogP contribution is 2.50. The van der Waals surface area contributed by atoms with Gasteiger partial charge >= 0.3 is 7.60 Å². The standard InChI is InChI=1S/C12H25O3P/c1-4-14-16(13,15-5-2)10-9-12-8-6-7-11(12)3/h11-12H,4-10H2,1-3H3/t11-,12+/m1/s1. The third kappa shape index (κ3) is 4.20. The molecule has 0 heterocycles. The Kier molecular flexibility index (Phi) is 6.02. The van der Waals surface area contributed by atoms with Crippen LogP contribution in [-0.4, -0.2) is 19.4 Å². The smallest absolute Gasteiger partial charge is 0.309 e. The quantitative estimate of drug-likeness (QED) is 0.637. The van der Waals surface area contributed by atoms with Gasteiger partial charge in [0.1, 0.15) is 0 Å². The molecule has 0 spiro atoms. The third-order valence-corrected chi connectivity index (χ3v) is 5.57. The summed E-state index contributed by atoms with van der Waals surface area (Å²) in [6.45, 7) is 6.96. The minimum absolute atomic E-state index is 0.470. The summed E-state index contributed by atoms with van der Waals surface area (Å²) >= 11 is 0. The SMILES string of the molecule is CCOP(=O)(CC[C@@H]1CCC[C@H]1C)OCC. The molecule has 0 unspecified atom stereocenters. The van der Waals surface area contributed by atoms with Gasteiger partial charge in [0.25, 0.3) is 0 Å². The zero-order chi connectivity index (χ0) is 12.0. The van der Waals surface area contributed by atoms with Crippen LogP contribution >= 0.6 is 7.60 Å². The molecule has 0 N–H and O–H groups in total. The van der Waals surface area contributed by atoms with Gasteiger partial charge in [-0.15, -0.1) is 0 Å². The van der Waals surface area contributed by atoms with E-state index in [1.807, 2.05) is 13.8 Å². The first-order valence-corrected chi connectivity index (χ1v) is 8.22. The Hall–Kier alpha value is 0.150. The van der Waals surface area contributed by atoms with Crippen LogP contribution < -0.4 is 0 Å². The zero-order valence-electron chi connectivity index (χ0n) is 10.8. The van der Waals surface area contributed by atoms with Gasteiger partial charge in [0.2, 0.25) is 0 Å². The Morgan fingerprint density at radius 1 is 1.19 bits per heavy atom. The normalized spacial score (nSPS) is 26.2. The molecule has 0 aromatic heterocycles. The fraction of sp³-hybridized carbons (Fsp3) is 1.00. The third-order valence-electron chi connectivity index (χ3n) is 3.46. The van der Waals surface area contributed by atoms with Crippen LogP contribution in [0.15, 0.2) is 0 Å². The molecule has 0 bridgehead atoms. The predicted octanol–water partition coefficient (Wildman–Crippen LogP) is 4.08. The molecule has 1 aliphatic rings. The molecule has 16 heavy (non-hydrogen) atoms. The van der Waals surface area contributed by atoms with Crippen LogP contribution in [0.5, 0.6) is 0 Å². The summed E-state index contributed by atoms with van der Waals surface area (Å²) in [4.78, 5) is 0. The van der Waals surface area contributed by atoms with Crippen molar-refractivity contribution >= 4 is 7.60 Å². The van der Waals surface area contributed by atoms with Crippen molar-refractivity contribution in [2.75, 3.05) is 19.4 Å². The average molecular weight is 248 g/mol. The molecule has 1 rings (SSSR count). The summed E-state index contributed by atoms with van der Waals surface area (Å²) in [5, 5.41) is 0. The van der Waals surface area contributed by atoms with E-state index in [-0.39, 0.29) is 0 Å². The van der Waals surface area contributed by atoms with Crippen molar-refractivity contribution in [2.24, 2.45) is 11.8 Å². The first-order valence-electron chi connectivity index (χ1n) is 6.49. The van der Waals surface area contributed by atoms with Gasteiger partial charge < -0.3 is 9.05 Å². The molecule has 0 aliphatic heterocycles. The van der Waals surface area contributed by atoms with Gasteiger partial charge in [-0.2, -0.15) is 0 Å². The maximum atomic E-state index is 12.2. The molecule has 1 aliphatic carbocycles. The van der Waals surface area contributed by atoms with Gasteiger partial charge in [0, 0.05) is 0 Å². The summed E-state index contributed by atoms with van der Waals surface area (Å²) in [7, 11) is -2.80. The lowest BCUT2D eigenvalue weighted by Gasteiger charge is -2.20. The molecule has 1 saturated carbocycles. The van der Waals surface area contributed by atoms with Gasteiger partial charge in [-0.05, 0) is 32.1 Å². The molecular formula is C12H25O3P. The van der Waals surface area contributed by atoms with Crippen molar-refractivity contribution in [3.63, 3.8) is 0 Å². The van der Waals surface area contributed by atoms with E-state index in [1.54, 1.807) is 0 Å². The molecule has 0 aromatic rings. The second kappa shape index (κ2) is 6.78. The average Bonchev–Trinajstić information content (AvgIpc) is 2.62. The summed E-state index contributed by atoms with van der Waals surface area (Å²) in [6.07, 6.45) is 5.49. The van der Waals surface area contributed by atoms with Crippen molar-refractivity contribution in [1.82, 2.24) is 0 Å². The first-order chi connectivity index (χ1) is 7.61. The van der Waals surface area contributed by atoms with Crippen molar-refractivity contribution in [1.29, 1.82) is 0 Å². The molecule has 0 amide bonds. The fourth-order valence-corrected chi connectivity index (χ4v) is 4.30. The lowest BCUT2D eigenvalue weighted by Crippen LogP contribution is -2.08. The van der Waals surface area contributed by atoms with E-state index in [0.29, 0.717) is 25.3 Å². The van der Waals surface area contributed by atoms with Crippen LogP contribution in [0, 0.1) is 11.8 Å². The summed E-state index contributed by atoms with van der Waals surface area (Å²) < 4.78 is 22.8. The molecule has 0 radical (unpaired) electrons. The minimum atomic E-state index is -2.80. The van der Waals surface area contributed by atoms with Crippen LogP contribution in [0.4, 0.5) is 0 Å². The second-order valence-corrected chi connectivity index (χ2v) is 6.81. The first kappa shape index (κ1) is 14.2. The number of hydrogen-bond donors (Lipinski definition) is 0. The maximum Gasteiger partial charge on any atom is 0.330 e. The van der Waals surface area contributed by atoms with E-state index in [1.165, 1.54) is 19.3 Å². The van der Waals surface area contributed by atoms with Crippen LogP contribution in [0.25, 0.3) is 0 Å². The predicted molar refractivity (Wildman–Crippen MR) is 66.8 cm³/mol. The lowest BCUT2D eigenvalue weighted by atomic mass is 9.96. The zero-order valence-corrected chi connectivity index (χ0v) is 11.7. The summed E-state index contributed by atoms with van der Waals surface area (Å²) in [5.74, 6) is 1.49. The van der Waals surface area contributed by atoms with E-state index in [0.717, 1.165) is 12.3 Å². The second-order valence-electron chi connectivity index (χ2n) is 4.63. The van der Waals surface area contributed by atoms with Gasteiger partial charge in [-0.1, -0.05) is 26.2 Å². The Labute approximate surface area is 99.4 Å². The monoisotopic (exact) mass is 248 g/mol. The minimum Gasteiger partial charge on any atom is -0.309 e. The highest BCUT2D eigenvalue weighted by Gasteiger charge is 2.29. The van der Waals surface area contributed by atoms with Crippen LogP contribution in [0.3, 0.4) is 0 Å². The van der Waals surface area contributed by atoms with Gasteiger partial charge in [0.15, 0.2) is 0 Å². The molecule has 1 fully saturated rings. The Bertz CT molecular complexity index is 232. The Morgan fingerprint density at radius 3 is 2.25 bits per heavy atom. The largest absolute Gasteiger partial charge is 0.330 e. The highest BCUT2D eigenvalue weighted by molar-refractivity contribution is 7.53. The molecule has 4 heteroatoms. The van der Waals surface area contributed by atoms with E-state index >= 15 is 0 Å². The van der Waals surface area contributed by atoms with Crippen molar-refractivity contribution in [3.05, 3.63) is 0 Å². The van der Waals surface area contributed by atoms with Crippen molar-refractivity contribution in [2.45, 2.75) is 46.5 Å². The van der Waals surface area contributed by atoms with Crippen LogP contribution in [-0.2, 0) is 13.6 Å². The highest BCUT2D eigenvalue weighted by atomic mass is 31.2. The van der Waals surface area contributed by atoms with Crippen LogP contribution in [0.1, 0.15) is 46.5 Å². The summed E-state index contributed by atoms with van der Waals surface area (Å²) in [6, 6.07) is 0. The topological polar surface area (TPSA) is 35.5 Å². The Balaban J connectivity index is 2.40. The molecular weight excluding hydrogens is 223 g/mol. The van der Waals surface area contributed by atoms with Crippen LogP contribution in [0.2, 0.25) is 0 Å². The van der Waals surface area contributed by atoms with E-state index in [9.17, 15) is 4.57 Å². The lowest BCUT2D eigenvalue weighted by molar-refractivity contribution is 0.217. The van der Waals surface area contributed by atoms with Gasteiger partial charge in [-0.3, -0.25) is 4.57 Å². The number of hydrogen-bond acceptors (Lipinski definition) is 3. The van der Waals surface area contributed by atoms with E-state index in [2.05, 4.69) is 6.92 Å². The van der Waals surface area contributed by atoms with E-state index < -0.39 is 7.60 Å². The van der Waals surface area contributed by atoms with Gasteiger partial charge in [0.05, 0.1) is 19.4 Å². The van der Waals surface area contributed by atoms with E-state index in [4.69, 9.17) is 9.05 Å². The summed E-state index contributed by atoms with van der Waals surface area (Å²) in [5.41, 5.74) is 0.